The number of likely N-dealkylation sites (tertiary alicyclic amines) is 1. The minimum Gasteiger partial charge on any atom is -0.343 e. The van der Waals surface area contributed by atoms with Gasteiger partial charge in [0.05, 0.1) is 11.0 Å². The Morgan fingerprint density at radius 3 is 2.34 bits per heavy atom. The second-order valence-corrected chi connectivity index (χ2v) is 8.62. The van der Waals surface area contributed by atoms with E-state index in [0.29, 0.717) is 0 Å². The highest BCUT2D eigenvalue weighted by Gasteiger charge is 2.16. The van der Waals surface area contributed by atoms with Gasteiger partial charge >= 0.3 is 0 Å². The number of fused-ring (bicyclic) bond motifs is 1. The molecule has 0 bridgehead atoms. The predicted molar refractivity (Wildman–Crippen MR) is 127 cm³/mol. The number of aryl methyl sites for hydroxylation is 3. The first-order valence-corrected chi connectivity index (χ1v) is 11.7. The highest BCUT2D eigenvalue weighted by atomic mass is 16.2. The second-order valence-electron chi connectivity index (χ2n) is 8.62. The van der Waals surface area contributed by atoms with Crippen molar-refractivity contribution in [3.8, 4) is 0 Å². The zero-order chi connectivity index (χ0) is 22.3. The number of para-hydroxylation sites is 2. The predicted octanol–water partition coefficient (Wildman–Crippen LogP) is 4.48. The molecule has 4 rings (SSSR count). The van der Waals surface area contributed by atoms with Crippen LogP contribution in [0.15, 0.2) is 48.5 Å². The number of hydrogen-bond acceptors (Lipinski definition) is 3. The molecule has 1 fully saturated rings. The third-order valence-corrected chi connectivity index (χ3v) is 6.28. The fraction of sp³-hybridized carbons (Fsp3) is 0.423. The van der Waals surface area contributed by atoms with Crippen molar-refractivity contribution in [3.05, 3.63) is 59.9 Å². The number of carbonyl (C=O) groups excluding carboxylic acids is 2. The van der Waals surface area contributed by atoms with Crippen LogP contribution in [-0.4, -0.2) is 39.4 Å². The largest absolute Gasteiger partial charge is 0.343 e. The van der Waals surface area contributed by atoms with Gasteiger partial charge in [0.25, 0.3) is 0 Å². The quantitative estimate of drug-likeness (QED) is 0.599. The lowest BCUT2D eigenvalue weighted by atomic mass is 10.1. The van der Waals surface area contributed by atoms with Crippen LogP contribution in [0.4, 0.5) is 5.69 Å². The normalized spacial score (nSPS) is 14.3. The molecule has 0 unspecified atom stereocenters. The highest BCUT2D eigenvalue weighted by Crippen LogP contribution is 2.17. The molecule has 0 atom stereocenters. The Morgan fingerprint density at radius 1 is 0.906 bits per heavy atom. The van der Waals surface area contributed by atoms with Crippen molar-refractivity contribution in [1.29, 1.82) is 0 Å². The first-order chi connectivity index (χ1) is 15.6. The zero-order valence-corrected chi connectivity index (χ0v) is 18.8. The Kier molecular flexibility index (Phi) is 7.20. The number of anilines is 1. The van der Waals surface area contributed by atoms with Crippen LogP contribution in [0.1, 0.15) is 49.9 Å². The van der Waals surface area contributed by atoms with Gasteiger partial charge in [0.1, 0.15) is 5.82 Å². The van der Waals surface area contributed by atoms with Crippen LogP contribution in [-0.2, 0) is 29.5 Å². The van der Waals surface area contributed by atoms with Gasteiger partial charge in [-0.05, 0) is 49.1 Å². The van der Waals surface area contributed by atoms with Crippen LogP contribution in [0.3, 0.4) is 0 Å². The molecule has 6 heteroatoms. The number of rotatable bonds is 7. The van der Waals surface area contributed by atoms with E-state index in [1.54, 1.807) is 0 Å². The van der Waals surface area contributed by atoms with E-state index in [1.807, 2.05) is 47.4 Å². The van der Waals surface area contributed by atoms with Crippen LogP contribution in [0.2, 0.25) is 0 Å². The lowest BCUT2D eigenvalue weighted by molar-refractivity contribution is -0.132. The molecule has 0 aliphatic carbocycles. The third kappa shape index (κ3) is 5.55. The molecule has 1 aliphatic heterocycles. The van der Waals surface area contributed by atoms with Gasteiger partial charge in [-0.2, -0.15) is 0 Å². The zero-order valence-electron chi connectivity index (χ0n) is 18.8. The summed E-state index contributed by atoms with van der Waals surface area (Å²) in [6.45, 7) is 1.66. The number of carbonyl (C=O) groups is 2. The summed E-state index contributed by atoms with van der Waals surface area (Å²) in [7, 11) is 2.06. The summed E-state index contributed by atoms with van der Waals surface area (Å²) in [6.07, 6.45) is 6.77. The summed E-state index contributed by atoms with van der Waals surface area (Å²) in [4.78, 5) is 31.3. The summed E-state index contributed by atoms with van der Waals surface area (Å²) >= 11 is 0. The van der Waals surface area contributed by atoms with Crippen LogP contribution in [0.5, 0.6) is 0 Å². The number of amides is 2. The van der Waals surface area contributed by atoms with Gasteiger partial charge in [0.15, 0.2) is 0 Å². The molecule has 2 amide bonds. The molecule has 168 valence electrons. The second kappa shape index (κ2) is 10.4. The maximum atomic E-state index is 12.4. The van der Waals surface area contributed by atoms with Crippen molar-refractivity contribution in [3.63, 3.8) is 0 Å². The average molecular weight is 433 g/mol. The number of nitrogens with one attached hydrogen (secondary N) is 1. The van der Waals surface area contributed by atoms with Crippen molar-refractivity contribution in [1.82, 2.24) is 14.5 Å². The fourth-order valence-corrected chi connectivity index (χ4v) is 4.35. The lowest BCUT2D eigenvalue weighted by Crippen LogP contribution is -2.32. The Bertz CT molecular complexity index is 1060. The molecule has 32 heavy (non-hydrogen) atoms. The van der Waals surface area contributed by atoms with E-state index in [2.05, 4.69) is 23.0 Å². The van der Waals surface area contributed by atoms with Gasteiger partial charge in [-0.25, -0.2) is 4.98 Å². The summed E-state index contributed by atoms with van der Waals surface area (Å²) in [5.74, 6) is 1.05. The first-order valence-electron chi connectivity index (χ1n) is 11.7. The lowest BCUT2D eigenvalue weighted by Gasteiger charge is -2.20. The highest BCUT2D eigenvalue weighted by molar-refractivity contribution is 5.93. The molecular weight excluding hydrogens is 400 g/mol. The van der Waals surface area contributed by atoms with Crippen LogP contribution in [0.25, 0.3) is 11.0 Å². The van der Waals surface area contributed by atoms with Crippen LogP contribution in [0, 0.1) is 0 Å². The maximum absolute atomic E-state index is 12.4. The topological polar surface area (TPSA) is 67.2 Å². The number of benzene rings is 2. The molecule has 2 heterocycles. The van der Waals surface area contributed by atoms with Crippen molar-refractivity contribution in [2.75, 3.05) is 18.4 Å². The summed E-state index contributed by atoms with van der Waals surface area (Å²) in [6, 6.07) is 16.1. The molecule has 6 nitrogen and oxygen atoms in total. The summed E-state index contributed by atoms with van der Waals surface area (Å²) in [5.41, 5.74) is 4.14. The standard InChI is InChI=1S/C26H32N4O2/c1-29-23-9-5-4-8-22(23)28-24(29)15-12-20-10-13-21(14-11-20)27-25(31)16-17-26(32)30-18-6-2-3-7-19-30/h4-5,8-11,13-14H,2-3,6-7,12,15-19H2,1H3,(H,27,31). The molecule has 0 radical (unpaired) electrons. The Morgan fingerprint density at radius 2 is 1.62 bits per heavy atom. The number of nitrogens with zero attached hydrogens (tertiary/aromatic N) is 3. The molecule has 1 aliphatic rings. The van der Waals surface area contributed by atoms with Gasteiger partial charge in [-0.15, -0.1) is 0 Å². The number of aromatic nitrogens is 2. The average Bonchev–Trinajstić information content (AvgIpc) is 2.97. The Labute approximate surface area is 189 Å². The van der Waals surface area contributed by atoms with Gasteiger partial charge < -0.3 is 14.8 Å². The van der Waals surface area contributed by atoms with Gasteiger partial charge in [-0.3, -0.25) is 9.59 Å². The van der Waals surface area contributed by atoms with E-state index < -0.39 is 0 Å². The molecule has 0 spiro atoms. The van der Waals surface area contributed by atoms with E-state index >= 15 is 0 Å². The van der Waals surface area contributed by atoms with E-state index in [9.17, 15) is 9.59 Å². The van der Waals surface area contributed by atoms with Gasteiger partial charge in [0, 0.05) is 45.1 Å². The Hall–Kier alpha value is -3.15. The SMILES string of the molecule is Cn1c(CCc2ccc(NC(=O)CCC(=O)N3CCCCCC3)cc2)nc2ccccc21. The third-order valence-electron chi connectivity index (χ3n) is 6.28. The Balaban J connectivity index is 1.24. The summed E-state index contributed by atoms with van der Waals surface area (Å²) < 4.78 is 2.15. The smallest absolute Gasteiger partial charge is 0.224 e. The van der Waals surface area contributed by atoms with Crippen molar-refractivity contribution in [2.24, 2.45) is 7.05 Å². The van der Waals surface area contributed by atoms with Gasteiger partial charge in [-0.1, -0.05) is 37.1 Å². The minimum atomic E-state index is -0.111. The number of hydrogen-bond donors (Lipinski definition) is 1. The van der Waals surface area contributed by atoms with Crippen LogP contribution >= 0.6 is 0 Å². The fourth-order valence-electron chi connectivity index (χ4n) is 4.35. The minimum absolute atomic E-state index is 0.0966. The van der Waals surface area contributed by atoms with Gasteiger partial charge in [0.2, 0.25) is 11.8 Å². The van der Waals surface area contributed by atoms with E-state index in [4.69, 9.17) is 4.98 Å². The monoisotopic (exact) mass is 432 g/mol. The molecule has 1 N–H and O–H groups in total. The number of imidazole rings is 1. The molecule has 0 saturated carbocycles. The molecule has 1 aromatic heterocycles. The van der Waals surface area contributed by atoms with Crippen molar-refractivity contribution in [2.45, 2.75) is 51.4 Å². The van der Waals surface area contributed by atoms with E-state index in [-0.39, 0.29) is 24.7 Å². The first kappa shape index (κ1) is 22.1. The van der Waals surface area contributed by atoms with Crippen LogP contribution < -0.4 is 5.32 Å². The molecule has 3 aromatic rings. The van der Waals surface area contributed by atoms with E-state index in [1.165, 1.54) is 18.4 Å². The molecular formula is C26H32N4O2. The van der Waals surface area contributed by atoms with Crippen molar-refractivity contribution >= 4 is 28.5 Å². The van der Waals surface area contributed by atoms with Crippen molar-refractivity contribution < 1.29 is 9.59 Å². The molecule has 1 saturated heterocycles. The summed E-state index contributed by atoms with van der Waals surface area (Å²) in [5, 5.41) is 2.91. The maximum Gasteiger partial charge on any atom is 0.224 e. The molecule has 2 aromatic carbocycles. The van der Waals surface area contributed by atoms with E-state index in [0.717, 1.165) is 61.3 Å².